The fraction of sp³-hybridized carbons (Fsp3) is 0.524. The van der Waals surface area contributed by atoms with Crippen molar-refractivity contribution in [2.75, 3.05) is 0 Å². The third kappa shape index (κ3) is 16.5. The number of rotatable bonds is 24. The number of carboxylic acids is 1. The Morgan fingerprint density at radius 3 is 1.44 bits per heavy atom. The highest BCUT2D eigenvalue weighted by Crippen LogP contribution is 2.12. The van der Waals surface area contributed by atoms with E-state index < -0.39 is 101 Å². The average molecular weight is 823 g/mol. The molecule has 11 N–H and O–H groups in total. The molecule has 2 rings (SSSR count). The largest absolute Gasteiger partial charge is 0.480 e. The molecule has 324 valence electrons. The molecule has 17 nitrogen and oxygen atoms in total. The topological polar surface area (TPSA) is 281 Å². The van der Waals surface area contributed by atoms with Crippen LogP contribution >= 0.6 is 0 Å². The summed E-state index contributed by atoms with van der Waals surface area (Å²) in [6.07, 6.45) is -0.0837. The number of carboxylic acid groups (broad SMARTS) is 1. The number of carbonyl (C=O) groups excluding carboxylic acids is 7. The standard InChI is InChI=1S/C42H62N8O9/c1-8-25(6)35(42(58)59)50-36(52)26(7)45-38(54)30(21-27-15-11-9-12-16-27)47-37(53)29(19-20-32(43)51)46-41(57)34(24(4)5)49-39(55)31(22-28-17-13-10-14-18-28)48-40(56)33(44)23(2)3/h9-18,23-26,29-31,33-35H,8,19-22,44H2,1-7H3,(H2,43,51)(H,45,54)(H,46,57)(H,47,53)(H,48,56)(H,49,55)(H,50,52)(H,58,59)/t25-,26-,29-,30-,31-,33-,34-,35-/m0/s1. The highest BCUT2D eigenvalue weighted by molar-refractivity contribution is 5.97. The van der Waals surface area contributed by atoms with Gasteiger partial charge in [0.25, 0.3) is 0 Å². The fourth-order valence-corrected chi connectivity index (χ4v) is 5.91. The third-order valence-electron chi connectivity index (χ3n) is 9.94. The van der Waals surface area contributed by atoms with Gasteiger partial charge in [0.15, 0.2) is 0 Å². The van der Waals surface area contributed by atoms with Gasteiger partial charge >= 0.3 is 5.97 Å². The van der Waals surface area contributed by atoms with Crippen molar-refractivity contribution in [3.63, 3.8) is 0 Å². The van der Waals surface area contributed by atoms with Crippen LogP contribution < -0.4 is 43.4 Å². The van der Waals surface area contributed by atoms with Crippen molar-refractivity contribution in [3.8, 4) is 0 Å². The molecule has 0 heterocycles. The van der Waals surface area contributed by atoms with Crippen molar-refractivity contribution < 1.29 is 43.5 Å². The number of nitrogens with two attached hydrogens (primary N) is 2. The Morgan fingerprint density at radius 2 is 1.00 bits per heavy atom. The van der Waals surface area contributed by atoms with Gasteiger partial charge in [0.2, 0.25) is 41.4 Å². The number of hydrogen-bond donors (Lipinski definition) is 9. The van der Waals surface area contributed by atoms with Gasteiger partial charge in [0.05, 0.1) is 6.04 Å². The van der Waals surface area contributed by atoms with E-state index in [0.29, 0.717) is 12.0 Å². The van der Waals surface area contributed by atoms with Gasteiger partial charge in [0.1, 0.15) is 36.3 Å². The molecule has 0 bridgehead atoms. The van der Waals surface area contributed by atoms with Crippen LogP contribution in [0.4, 0.5) is 0 Å². The number of primary amides is 1. The normalized spacial score (nSPS) is 15.2. The van der Waals surface area contributed by atoms with E-state index in [2.05, 4.69) is 31.9 Å². The number of benzene rings is 2. The predicted octanol–water partition coefficient (Wildman–Crippen LogP) is 0.436. The summed E-state index contributed by atoms with van der Waals surface area (Å²) in [5, 5.41) is 25.3. The quantitative estimate of drug-likeness (QED) is 0.0705. The molecule has 0 unspecified atom stereocenters. The Hall–Kier alpha value is -5.84. The number of aliphatic carboxylic acids is 1. The molecule has 0 saturated heterocycles. The van der Waals surface area contributed by atoms with Crippen LogP contribution in [-0.4, -0.2) is 94.7 Å². The summed E-state index contributed by atoms with van der Waals surface area (Å²) in [5.74, 6) is -7.55. The molecule has 0 aliphatic heterocycles. The maximum absolute atomic E-state index is 14.0. The van der Waals surface area contributed by atoms with E-state index in [1.165, 1.54) is 6.92 Å². The van der Waals surface area contributed by atoms with Crippen molar-refractivity contribution in [2.24, 2.45) is 29.2 Å². The summed E-state index contributed by atoms with van der Waals surface area (Å²) in [5.41, 5.74) is 12.9. The summed E-state index contributed by atoms with van der Waals surface area (Å²) >= 11 is 0. The zero-order valence-corrected chi connectivity index (χ0v) is 35.0. The molecule has 59 heavy (non-hydrogen) atoms. The first-order chi connectivity index (χ1) is 27.7. The van der Waals surface area contributed by atoms with Crippen LogP contribution in [0.5, 0.6) is 0 Å². The Balaban J connectivity index is 2.36. The van der Waals surface area contributed by atoms with Gasteiger partial charge in [-0.1, -0.05) is 109 Å². The molecule has 0 spiro atoms. The highest BCUT2D eigenvalue weighted by atomic mass is 16.4. The molecule has 0 aliphatic rings. The molecule has 7 amide bonds. The van der Waals surface area contributed by atoms with Gasteiger partial charge in [-0.05, 0) is 42.2 Å². The molecule has 2 aromatic carbocycles. The van der Waals surface area contributed by atoms with Crippen molar-refractivity contribution >= 4 is 47.3 Å². The van der Waals surface area contributed by atoms with E-state index in [0.717, 1.165) is 5.56 Å². The second kappa shape index (κ2) is 24.2. The van der Waals surface area contributed by atoms with Crippen LogP contribution in [0.25, 0.3) is 0 Å². The molecule has 8 atom stereocenters. The lowest BCUT2D eigenvalue weighted by molar-refractivity contribution is -0.143. The van der Waals surface area contributed by atoms with Crippen LogP contribution in [0.1, 0.15) is 78.9 Å². The molecule has 0 aliphatic carbocycles. The van der Waals surface area contributed by atoms with Crippen LogP contribution in [-0.2, 0) is 51.2 Å². The summed E-state index contributed by atoms with van der Waals surface area (Å²) in [4.78, 5) is 105. The molecule has 0 radical (unpaired) electrons. The average Bonchev–Trinajstić information content (AvgIpc) is 3.19. The predicted molar refractivity (Wildman–Crippen MR) is 221 cm³/mol. The fourth-order valence-electron chi connectivity index (χ4n) is 5.91. The van der Waals surface area contributed by atoms with Gasteiger partial charge in [-0.2, -0.15) is 0 Å². The van der Waals surface area contributed by atoms with E-state index in [9.17, 15) is 43.5 Å². The zero-order valence-electron chi connectivity index (χ0n) is 35.0. The van der Waals surface area contributed by atoms with Crippen molar-refractivity contribution in [1.82, 2.24) is 31.9 Å². The first-order valence-corrected chi connectivity index (χ1v) is 19.9. The maximum Gasteiger partial charge on any atom is 0.326 e. The van der Waals surface area contributed by atoms with Gasteiger partial charge < -0.3 is 48.5 Å². The Kier molecular flexibility index (Phi) is 20.2. The van der Waals surface area contributed by atoms with Crippen LogP contribution in [0, 0.1) is 17.8 Å². The third-order valence-corrected chi connectivity index (χ3v) is 9.94. The van der Waals surface area contributed by atoms with Crippen LogP contribution in [0.2, 0.25) is 0 Å². The summed E-state index contributed by atoms with van der Waals surface area (Å²) < 4.78 is 0. The lowest BCUT2D eigenvalue weighted by Crippen LogP contribution is -2.61. The van der Waals surface area contributed by atoms with Gasteiger partial charge in [-0.15, -0.1) is 0 Å². The number of carbonyl (C=O) groups is 8. The van der Waals surface area contributed by atoms with Crippen molar-refractivity contribution in [2.45, 2.75) is 123 Å². The highest BCUT2D eigenvalue weighted by Gasteiger charge is 2.35. The van der Waals surface area contributed by atoms with Crippen LogP contribution in [0.3, 0.4) is 0 Å². The van der Waals surface area contributed by atoms with Gasteiger partial charge in [-0.3, -0.25) is 33.6 Å². The molecule has 17 heteroatoms. The minimum atomic E-state index is -1.42. The SMILES string of the molecule is CC[C@H](C)[C@H](NC(=O)[C@H](C)NC(=O)[C@H](Cc1ccccc1)NC(=O)[C@H](CCC(N)=O)NC(=O)[C@@H](NC(=O)[C@H](Cc1ccccc1)NC(=O)[C@@H](N)C(C)C)C(C)C)C(=O)O. The van der Waals surface area contributed by atoms with E-state index in [1.807, 2.05) is 0 Å². The van der Waals surface area contributed by atoms with Crippen molar-refractivity contribution in [1.29, 1.82) is 0 Å². The molecule has 0 fully saturated rings. The second-order valence-corrected chi connectivity index (χ2v) is 15.5. The first-order valence-electron chi connectivity index (χ1n) is 19.9. The maximum atomic E-state index is 14.0. The number of nitrogens with one attached hydrogen (secondary N) is 6. The minimum absolute atomic E-state index is 0.0481. The van der Waals surface area contributed by atoms with E-state index in [4.69, 9.17) is 11.5 Å². The number of hydrogen-bond acceptors (Lipinski definition) is 9. The van der Waals surface area contributed by atoms with Crippen LogP contribution in [0.15, 0.2) is 60.7 Å². The molecular weight excluding hydrogens is 761 g/mol. The molecule has 0 aromatic heterocycles. The van der Waals surface area contributed by atoms with Gasteiger partial charge in [-0.25, -0.2) is 4.79 Å². The minimum Gasteiger partial charge on any atom is -0.480 e. The van der Waals surface area contributed by atoms with E-state index >= 15 is 0 Å². The summed E-state index contributed by atoms with van der Waals surface area (Å²) in [6.45, 7) is 11.7. The second-order valence-electron chi connectivity index (χ2n) is 15.5. The zero-order chi connectivity index (χ0) is 44.4. The lowest BCUT2D eigenvalue weighted by atomic mass is 9.99. The molecule has 0 saturated carbocycles. The molecule has 2 aromatic rings. The lowest BCUT2D eigenvalue weighted by Gasteiger charge is -2.29. The van der Waals surface area contributed by atoms with E-state index in [-0.39, 0.29) is 31.6 Å². The smallest absolute Gasteiger partial charge is 0.326 e. The summed E-state index contributed by atoms with van der Waals surface area (Å²) in [7, 11) is 0. The van der Waals surface area contributed by atoms with Gasteiger partial charge in [0, 0.05) is 19.3 Å². The monoisotopic (exact) mass is 822 g/mol. The first kappa shape index (κ1) is 49.3. The molecular formula is C42H62N8O9. The Morgan fingerprint density at radius 1 is 0.559 bits per heavy atom. The van der Waals surface area contributed by atoms with E-state index in [1.54, 1.807) is 102 Å². The van der Waals surface area contributed by atoms with Crippen molar-refractivity contribution in [3.05, 3.63) is 71.8 Å². The number of amides is 7. The Labute approximate surface area is 346 Å². The summed E-state index contributed by atoms with van der Waals surface area (Å²) in [6, 6.07) is 9.22. The Bertz CT molecular complexity index is 1740.